The predicted octanol–water partition coefficient (Wildman–Crippen LogP) is 4.38. The molecule has 6 heteroatoms. The summed E-state index contributed by atoms with van der Waals surface area (Å²) in [5.41, 5.74) is 7.64. The van der Waals surface area contributed by atoms with E-state index in [9.17, 15) is 9.90 Å². The molecule has 6 nitrogen and oxygen atoms in total. The lowest BCUT2D eigenvalue weighted by Gasteiger charge is -2.58. The molecule has 0 aromatic carbocycles. The van der Waals surface area contributed by atoms with E-state index in [1.54, 1.807) is 5.57 Å². The van der Waals surface area contributed by atoms with Crippen molar-refractivity contribution in [2.45, 2.75) is 104 Å². The van der Waals surface area contributed by atoms with Gasteiger partial charge in [0.15, 0.2) is 0 Å². The van der Waals surface area contributed by atoms with Gasteiger partial charge < -0.3 is 26.8 Å². The molecule has 3 fully saturated rings. The SMILES string of the molecule is CC(C(=O)NCCCNCCCCNCCCN)[C@H]1CC[C@H]2[C@@H]3CC=C4C[C@@H](O)CC[C@]4(C)[C@H]3CC[C@]12C. The van der Waals surface area contributed by atoms with Crippen molar-refractivity contribution in [3.05, 3.63) is 11.6 Å². The minimum Gasteiger partial charge on any atom is -0.393 e. The molecule has 1 amide bonds. The summed E-state index contributed by atoms with van der Waals surface area (Å²) in [6.45, 7) is 12.9. The standard InChI is InChI=1S/C32H58N4O2/c1-23(30(38)36-21-7-20-35-18-5-4-17-34-19-6-16-33)27-10-11-28-26-9-8-24-22-25(37)12-14-31(24,2)29(26)13-15-32(27,28)3/h8,23,25-29,34-35,37H,4-7,9-22,33H2,1-3H3,(H,36,38)/t23?,25-,26-,27+,28-,29-,31-,32+/m0/s1. The summed E-state index contributed by atoms with van der Waals surface area (Å²) < 4.78 is 0. The summed E-state index contributed by atoms with van der Waals surface area (Å²) in [6.07, 6.45) is 16.0. The van der Waals surface area contributed by atoms with Crippen molar-refractivity contribution in [3.63, 3.8) is 0 Å². The minimum absolute atomic E-state index is 0.0939. The molecule has 3 saturated carbocycles. The van der Waals surface area contributed by atoms with Gasteiger partial charge in [-0.1, -0.05) is 32.4 Å². The number of hydrogen-bond acceptors (Lipinski definition) is 5. The summed E-state index contributed by atoms with van der Waals surface area (Å²) in [7, 11) is 0. The Balaban J connectivity index is 1.18. The van der Waals surface area contributed by atoms with Crippen LogP contribution in [0.25, 0.3) is 0 Å². The van der Waals surface area contributed by atoms with Gasteiger partial charge in [-0.3, -0.25) is 4.79 Å². The van der Waals surface area contributed by atoms with Crippen LogP contribution in [-0.2, 0) is 4.79 Å². The second kappa shape index (κ2) is 13.6. The number of hydrogen-bond donors (Lipinski definition) is 5. The van der Waals surface area contributed by atoms with Gasteiger partial charge in [-0.25, -0.2) is 0 Å². The van der Waals surface area contributed by atoms with E-state index in [2.05, 4.69) is 42.8 Å². The van der Waals surface area contributed by atoms with Gasteiger partial charge in [-0.05, 0) is 144 Å². The van der Waals surface area contributed by atoms with Crippen molar-refractivity contribution in [1.82, 2.24) is 16.0 Å². The first kappa shape index (κ1) is 30.0. The molecular weight excluding hydrogens is 472 g/mol. The van der Waals surface area contributed by atoms with Crippen molar-refractivity contribution >= 4 is 5.91 Å². The van der Waals surface area contributed by atoms with Gasteiger partial charge in [0.25, 0.3) is 0 Å². The summed E-state index contributed by atoms with van der Waals surface area (Å²) in [4.78, 5) is 13.2. The van der Waals surface area contributed by atoms with Gasteiger partial charge in [-0.15, -0.1) is 0 Å². The predicted molar refractivity (Wildman–Crippen MR) is 157 cm³/mol. The maximum absolute atomic E-state index is 13.2. The van der Waals surface area contributed by atoms with Crippen LogP contribution in [0.4, 0.5) is 0 Å². The number of fused-ring (bicyclic) bond motifs is 5. The zero-order valence-electron chi connectivity index (χ0n) is 24.7. The molecule has 0 aromatic heterocycles. The molecule has 1 unspecified atom stereocenters. The lowest BCUT2D eigenvalue weighted by Crippen LogP contribution is -2.51. The monoisotopic (exact) mass is 530 g/mol. The van der Waals surface area contributed by atoms with E-state index < -0.39 is 0 Å². The van der Waals surface area contributed by atoms with Gasteiger partial charge in [0.05, 0.1) is 6.10 Å². The second-order valence-corrected chi connectivity index (χ2v) is 13.7. The third kappa shape index (κ3) is 6.50. The van der Waals surface area contributed by atoms with E-state index in [0.29, 0.717) is 11.3 Å². The fourth-order valence-corrected chi connectivity index (χ4v) is 9.25. The van der Waals surface area contributed by atoms with E-state index in [4.69, 9.17) is 5.73 Å². The summed E-state index contributed by atoms with van der Waals surface area (Å²) in [5.74, 6) is 3.11. The first-order valence-corrected chi connectivity index (χ1v) is 16.1. The van der Waals surface area contributed by atoms with Gasteiger partial charge in [0.1, 0.15) is 0 Å². The van der Waals surface area contributed by atoms with Crippen molar-refractivity contribution < 1.29 is 9.90 Å². The average molecular weight is 531 g/mol. The molecule has 218 valence electrons. The molecule has 8 atom stereocenters. The molecule has 4 rings (SSSR count). The molecule has 0 spiro atoms. The quantitative estimate of drug-likeness (QED) is 0.170. The number of rotatable bonds is 14. The van der Waals surface area contributed by atoms with Crippen LogP contribution < -0.4 is 21.7 Å². The number of nitrogens with two attached hydrogens (primary N) is 1. The Hall–Kier alpha value is -0.950. The summed E-state index contributed by atoms with van der Waals surface area (Å²) in [6, 6.07) is 0. The fraction of sp³-hybridized carbons (Fsp3) is 0.906. The van der Waals surface area contributed by atoms with E-state index >= 15 is 0 Å². The lowest BCUT2D eigenvalue weighted by molar-refractivity contribution is -0.129. The average Bonchev–Trinajstić information content (AvgIpc) is 3.26. The fourth-order valence-electron chi connectivity index (χ4n) is 9.25. The molecule has 38 heavy (non-hydrogen) atoms. The molecule has 0 heterocycles. The maximum Gasteiger partial charge on any atom is 0.223 e. The molecule has 0 aromatic rings. The normalized spacial score (nSPS) is 37.1. The zero-order valence-corrected chi connectivity index (χ0v) is 24.7. The van der Waals surface area contributed by atoms with Crippen molar-refractivity contribution in [2.75, 3.05) is 39.3 Å². The molecule has 0 aliphatic heterocycles. The summed E-state index contributed by atoms with van der Waals surface area (Å²) in [5, 5.41) is 20.5. The van der Waals surface area contributed by atoms with Crippen LogP contribution in [0.5, 0.6) is 0 Å². The van der Waals surface area contributed by atoms with Crippen molar-refractivity contribution in [1.29, 1.82) is 0 Å². The Morgan fingerprint density at radius 3 is 2.42 bits per heavy atom. The number of amides is 1. The number of carbonyl (C=O) groups excluding carboxylic acids is 1. The largest absolute Gasteiger partial charge is 0.393 e. The highest BCUT2D eigenvalue weighted by atomic mass is 16.3. The molecule has 4 aliphatic rings. The number of carbonyl (C=O) groups is 1. The van der Waals surface area contributed by atoms with Crippen LogP contribution in [0.2, 0.25) is 0 Å². The van der Waals surface area contributed by atoms with Crippen LogP contribution in [0, 0.1) is 40.4 Å². The Labute approximate surface area is 232 Å². The first-order valence-electron chi connectivity index (χ1n) is 16.1. The van der Waals surface area contributed by atoms with Crippen LogP contribution in [0.15, 0.2) is 11.6 Å². The van der Waals surface area contributed by atoms with Gasteiger partial charge in [0.2, 0.25) is 5.91 Å². The van der Waals surface area contributed by atoms with Crippen molar-refractivity contribution in [3.8, 4) is 0 Å². The Kier molecular flexibility index (Phi) is 10.7. The van der Waals surface area contributed by atoms with Gasteiger partial charge in [0, 0.05) is 12.5 Å². The third-order valence-corrected chi connectivity index (χ3v) is 11.5. The highest BCUT2D eigenvalue weighted by molar-refractivity contribution is 5.78. The highest BCUT2D eigenvalue weighted by Gasteiger charge is 2.59. The maximum atomic E-state index is 13.2. The topological polar surface area (TPSA) is 99.4 Å². The van der Waals surface area contributed by atoms with Gasteiger partial charge >= 0.3 is 0 Å². The van der Waals surface area contributed by atoms with Crippen LogP contribution in [0.1, 0.15) is 97.8 Å². The Morgan fingerprint density at radius 2 is 1.68 bits per heavy atom. The number of aliphatic hydroxyl groups is 1. The minimum atomic E-state index is -0.134. The van der Waals surface area contributed by atoms with Crippen LogP contribution in [-0.4, -0.2) is 56.4 Å². The smallest absolute Gasteiger partial charge is 0.223 e. The zero-order chi connectivity index (χ0) is 27.2. The Bertz CT molecular complexity index is 802. The molecule has 4 aliphatic carbocycles. The van der Waals surface area contributed by atoms with E-state index in [1.165, 1.54) is 44.9 Å². The van der Waals surface area contributed by atoms with E-state index in [0.717, 1.165) is 89.1 Å². The molecule has 0 radical (unpaired) electrons. The number of unbranched alkanes of at least 4 members (excludes halogenated alkanes) is 1. The highest BCUT2D eigenvalue weighted by Crippen LogP contribution is 2.67. The number of nitrogens with one attached hydrogen (secondary N) is 3. The second-order valence-electron chi connectivity index (χ2n) is 13.7. The van der Waals surface area contributed by atoms with E-state index in [1.807, 2.05) is 0 Å². The van der Waals surface area contributed by atoms with Crippen LogP contribution in [0.3, 0.4) is 0 Å². The van der Waals surface area contributed by atoms with Gasteiger partial charge in [-0.2, -0.15) is 0 Å². The third-order valence-electron chi connectivity index (χ3n) is 11.5. The number of aliphatic hydroxyl groups excluding tert-OH is 1. The first-order chi connectivity index (χ1) is 18.3. The van der Waals surface area contributed by atoms with Crippen molar-refractivity contribution in [2.24, 2.45) is 46.2 Å². The van der Waals surface area contributed by atoms with Crippen LogP contribution >= 0.6 is 0 Å². The molecular formula is C32H58N4O2. The molecule has 0 bridgehead atoms. The molecule has 6 N–H and O–H groups in total. The molecule has 0 saturated heterocycles. The number of allylic oxidation sites excluding steroid dienone is 1. The lowest BCUT2D eigenvalue weighted by atomic mass is 9.47. The Morgan fingerprint density at radius 1 is 0.974 bits per heavy atom. The summed E-state index contributed by atoms with van der Waals surface area (Å²) >= 11 is 0. The van der Waals surface area contributed by atoms with E-state index in [-0.39, 0.29) is 23.3 Å².